The van der Waals surface area contributed by atoms with E-state index in [1.165, 1.54) is 24.3 Å². The van der Waals surface area contributed by atoms with Crippen molar-refractivity contribution in [3.8, 4) is 0 Å². The Balaban J connectivity index is 2.49. The summed E-state index contributed by atoms with van der Waals surface area (Å²) in [7, 11) is -3.32. The minimum atomic E-state index is -3.32. The Bertz CT molecular complexity index is 513. The minimum Gasteiger partial charge on any atom is -0.316 e. The number of hydrogen-bond acceptors (Lipinski definition) is 5. The molecule has 7 nitrogen and oxygen atoms in total. The lowest BCUT2D eigenvalue weighted by Crippen LogP contribution is -2.31. The summed E-state index contributed by atoms with van der Waals surface area (Å²) in [5.74, 6) is 0.00776. The van der Waals surface area contributed by atoms with Crippen molar-refractivity contribution in [1.29, 1.82) is 0 Å². The Hall–Kier alpha value is -1.51. The standard InChI is InChI=1S/C11H17N3O4S/c1-2-12-7-8-19(17,18)13-9-10-3-5-11(6-4-10)14(15)16/h3-6,12-13H,2,7-9H2,1H3. The molecule has 19 heavy (non-hydrogen) atoms. The molecule has 0 aliphatic heterocycles. The van der Waals surface area contributed by atoms with E-state index in [4.69, 9.17) is 0 Å². The molecule has 0 spiro atoms. The van der Waals surface area contributed by atoms with E-state index in [1.54, 1.807) is 0 Å². The molecule has 0 heterocycles. The number of rotatable bonds is 8. The van der Waals surface area contributed by atoms with Crippen molar-refractivity contribution < 1.29 is 13.3 Å². The van der Waals surface area contributed by atoms with E-state index >= 15 is 0 Å². The summed E-state index contributed by atoms with van der Waals surface area (Å²) in [6, 6.07) is 5.76. The van der Waals surface area contributed by atoms with Crippen LogP contribution >= 0.6 is 0 Å². The quantitative estimate of drug-likeness (QED) is 0.415. The first-order valence-corrected chi connectivity index (χ1v) is 7.51. The molecule has 0 atom stereocenters. The molecule has 0 saturated carbocycles. The van der Waals surface area contributed by atoms with Crippen molar-refractivity contribution >= 4 is 15.7 Å². The van der Waals surface area contributed by atoms with Crippen LogP contribution in [0.3, 0.4) is 0 Å². The van der Waals surface area contributed by atoms with E-state index in [1.807, 2.05) is 6.92 Å². The lowest BCUT2D eigenvalue weighted by atomic mass is 10.2. The van der Waals surface area contributed by atoms with Crippen molar-refractivity contribution in [1.82, 2.24) is 10.0 Å². The molecule has 0 amide bonds. The molecule has 0 aliphatic rings. The molecule has 0 saturated heterocycles. The molecule has 1 rings (SSSR count). The molecular weight excluding hydrogens is 270 g/mol. The van der Waals surface area contributed by atoms with E-state index in [-0.39, 0.29) is 18.0 Å². The summed E-state index contributed by atoms with van der Waals surface area (Å²) in [4.78, 5) is 9.97. The Morgan fingerprint density at radius 3 is 2.42 bits per heavy atom. The SMILES string of the molecule is CCNCCS(=O)(=O)NCc1ccc([N+](=O)[O-])cc1. The molecule has 0 bridgehead atoms. The Morgan fingerprint density at radius 1 is 1.26 bits per heavy atom. The third kappa shape index (κ3) is 5.77. The zero-order chi connectivity index (χ0) is 14.3. The Kier molecular flexibility index (Phi) is 5.87. The van der Waals surface area contributed by atoms with Gasteiger partial charge in [-0.1, -0.05) is 19.1 Å². The predicted octanol–water partition coefficient (Wildman–Crippen LogP) is 0.624. The van der Waals surface area contributed by atoms with Gasteiger partial charge in [0.25, 0.3) is 5.69 Å². The van der Waals surface area contributed by atoms with Crippen LogP contribution in [0, 0.1) is 10.1 Å². The van der Waals surface area contributed by atoms with Crippen LogP contribution in [0.4, 0.5) is 5.69 Å². The first-order valence-electron chi connectivity index (χ1n) is 5.86. The maximum Gasteiger partial charge on any atom is 0.269 e. The fourth-order valence-corrected chi connectivity index (χ4v) is 2.33. The van der Waals surface area contributed by atoms with E-state index in [0.29, 0.717) is 12.1 Å². The average Bonchev–Trinajstić information content (AvgIpc) is 2.37. The monoisotopic (exact) mass is 287 g/mol. The van der Waals surface area contributed by atoms with Crippen LogP contribution in [-0.2, 0) is 16.6 Å². The van der Waals surface area contributed by atoms with Crippen LogP contribution in [-0.4, -0.2) is 32.2 Å². The van der Waals surface area contributed by atoms with Gasteiger partial charge in [-0.15, -0.1) is 0 Å². The lowest BCUT2D eigenvalue weighted by Gasteiger charge is -2.07. The molecule has 106 valence electrons. The minimum absolute atomic E-state index is 0.00776. The zero-order valence-electron chi connectivity index (χ0n) is 10.6. The van der Waals surface area contributed by atoms with E-state index in [9.17, 15) is 18.5 Å². The summed E-state index contributed by atoms with van der Waals surface area (Å²) in [6.45, 7) is 3.15. The van der Waals surface area contributed by atoms with Gasteiger partial charge >= 0.3 is 0 Å². The van der Waals surface area contributed by atoms with Gasteiger partial charge in [0.15, 0.2) is 0 Å². The van der Waals surface area contributed by atoms with Crippen molar-refractivity contribution in [3.05, 3.63) is 39.9 Å². The molecule has 0 aromatic heterocycles. The third-order valence-corrected chi connectivity index (χ3v) is 3.77. The van der Waals surface area contributed by atoms with Crippen LogP contribution in [0.15, 0.2) is 24.3 Å². The lowest BCUT2D eigenvalue weighted by molar-refractivity contribution is -0.384. The third-order valence-electron chi connectivity index (χ3n) is 2.44. The number of nitro groups is 1. The fraction of sp³-hybridized carbons (Fsp3) is 0.455. The molecule has 0 aliphatic carbocycles. The first-order chi connectivity index (χ1) is 8.94. The summed E-state index contributed by atoms with van der Waals surface area (Å²) in [5.41, 5.74) is 0.663. The Labute approximate surface area is 112 Å². The topological polar surface area (TPSA) is 101 Å². The van der Waals surface area contributed by atoms with Crippen molar-refractivity contribution in [2.24, 2.45) is 0 Å². The number of nitrogens with one attached hydrogen (secondary N) is 2. The van der Waals surface area contributed by atoms with Gasteiger partial charge in [-0.3, -0.25) is 10.1 Å². The molecule has 1 aromatic rings. The van der Waals surface area contributed by atoms with Crippen molar-refractivity contribution in [2.75, 3.05) is 18.8 Å². The van der Waals surface area contributed by atoms with Crippen LogP contribution in [0.5, 0.6) is 0 Å². The predicted molar refractivity (Wildman–Crippen MR) is 72.3 cm³/mol. The highest BCUT2D eigenvalue weighted by atomic mass is 32.2. The molecule has 0 radical (unpaired) electrons. The maximum absolute atomic E-state index is 11.6. The first kappa shape index (κ1) is 15.5. The number of non-ortho nitro benzene ring substituents is 1. The maximum atomic E-state index is 11.6. The molecule has 8 heteroatoms. The highest BCUT2D eigenvalue weighted by molar-refractivity contribution is 7.89. The van der Waals surface area contributed by atoms with Gasteiger partial charge < -0.3 is 5.32 Å². The van der Waals surface area contributed by atoms with Crippen LogP contribution < -0.4 is 10.0 Å². The van der Waals surface area contributed by atoms with Gasteiger partial charge in [-0.2, -0.15) is 0 Å². The number of nitro benzene ring substituents is 1. The molecule has 2 N–H and O–H groups in total. The van der Waals surface area contributed by atoms with Gasteiger partial charge in [0, 0.05) is 25.2 Å². The van der Waals surface area contributed by atoms with Gasteiger partial charge in [-0.05, 0) is 12.1 Å². The second-order valence-electron chi connectivity index (χ2n) is 3.92. The number of hydrogen-bond donors (Lipinski definition) is 2. The molecule has 0 unspecified atom stereocenters. The zero-order valence-corrected chi connectivity index (χ0v) is 11.4. The van der Waals surface area contributed by atoms with E-state index in [0.717, 1.165) is 6.54 Å². The van der Waals surface area contributed by atoms with Crippen LogP contribution in [0.25, 0.3) is 0 Å². The van der Waals surface area contributed by atoms with E-state index in [2.05, 4.69) is 10.0 Å². The molecule has 0 fully saturated rings. The van der Waals surface area contributed by atoms with Crippen LogP contribution in [0.2, 0.25) is 0 Å². The summed E-state index contributed by atoms with van der Waals surface area (Å²) in [6.07, 6.45) is 0. The van der Waals surface area contributed by atoms with Crippen LogP contribution in [0.1, 0.15) is 12.5 Å². The highest BCUT2D eigenvalue weighted by Gasteiger charge is 2.10. The molecule has 1 aromatic carbocycles. The summed E-state index contributed by atoms with van der Waals surface area (Å²) >= 11 is 0. The second kappa shape index (κ2) is 7.17. The van der Waals surface area contributed by atoms with Gasteiger partial charge in [0.05, 0.1) is 10.7 Å². The van der Waals surface area contributed by atoms with Gasteiger partial charge in [0.2, 0.25) is 10.0 Å². The van der Waals surface area contributed by atoms with Crippen molar-refractivity contribution in [2.45, 2.75) is 13.5 Å². The number of sulfonamides is 1. The number of nitrogens with zero attached hydrogens (tertiary/aromatic N) is 1. The number of benzene rings is 1. The molecular formula is C11H17N3O4S. The van der Waals surface area contributed by atoms with Gasteiger partial charge in [0.1, 0.15) is 0 Å². The summed E-state index contributed by atoms with van der Waals surface area (Å²) in [5, 5.41) is 13.4. The average molecular weight is 287 g/mol. The normalized spacial score (nSPS) is 11.4. The van der Waals surface area contributed by atoms with Crippen molar-refractivity contribution in [3.63, 3.8) is 0 Å². The smallest absolute Gasteiger partial charge is 0.269 e. The largest absolute Gasteiger partial charge is 0.316 e. The highest BCUT2D eigenvalue weighted by Crippen LogP contribution is 2.11. The Morgan fingerprint density at radius 2 is 1.89 bits per heavy atom. The van der Waals surface area contributed by atoms with E-state index < -0.39 is 14.9 Å². The second-order valence-corrected chi connectivity index (χ2v) is 5.84. The fourth-order valence-electron chi connectivity index (χ4n) is 1.38. The van der Waals surface area contributed by atoms with Gasteiger partial charge in [-0.25, -0.2) is 13.1 Å². The summed E-state index contributed by atoms with van der Waals surface area (Å²) < 4.78 is 25.6.